The van der Waals surface area contributed by atoms with Crippen molar-refractivity contribution in [1.82, 2.24) is 14.8 Å². The Bertz CT molecular complexity index is 1120. The molecule has 0 N–H and O–H groups in total. The molecule has 36 heavy (non-hydrogen) atoms. The number of hydrogen-bond donors (Lipinski definition) is 0. The van der Waals surface area contributed by atoms with E-state index in [2.05, 4.69) is 4.90 Å². The van der Waals surface area contributed by atoms with Crippen molar-refractivity contribution in [3.05, 3.63) is 69.7 Å². The van der Waals surface area contributed by atoms with E-state index in [4.69, 9.17) is 23.9 Å². The Morgan fingerprint density at radius 3 is 2.50 bits per heavy atom. The van der Waals surface area contributed by atoms with Gasteiger partial charge in [0.15, 0.2) is 11.5 Å². The normalized spacial score (nSPS) is 13.9. The van der Waals surface area contributed by atoms with Crippen molar-refractivity contribution in [1.29, 1.82) is 0 Å². The summed E-state index contributed by atoms with van der Waals surface area (Å²) in [5, 5.41) is 2.81. The summed E-state index contributed by atoms with van der Waals surface area (Å²) in [5.74, 6) is 1.76. The van der Waals surface area contributed by atoms with E-state index in [1.807, 2.05) is 59.7 Å². The van der Waals surface area contributed by atoms with Crippen molar-refractivity contribution >= 4 is 17.2 Å². The Morgan fingerprint density at radius 1 is 1.08 bits per heavy atom. The van der Waals surface area contributed by atoms with Gasteiger partial charge in [0.25, 0.3) is 5.91 Å². The van der Waals surface area contributed by atoms with Gasteiger partial charge in [0.05, 0.1) is 39.7 Å². The lowest BCUT2D eigenvalue weighted by molar-refractivity contribution is 0.0319. The molecule has 9 heteroatoms. The second-order valence-electron chi connectivity index (χ2n) is 8.51. The average Bonchev–Trinajstić information content (AvgIpc) is 3.37. The molecule has 4 rings (SSSR count). The van der Waals surface area contributed by atoms with E-state index >= 15 is 0 Å². The first-order valence-corrected chi connectivity index (χ1v) is 12.9. The van der Waals surface area contributed by atoms with Gasteiger partial charge in [0, 0.05) is 37.1 Å². The van der Waals surface area contributed by atoms with Gasteiger partial charge in [-0.15, -0.1) is 11.3 Å². The van der Waals surface area contributed by atoms with Gasteiger partial charge in [-0.3, -0.25) is 9.69 Å². The molecular formula is C27H33N3O5S. The van der Waals surface area contributed by atoms with Crippen LogP contribution in [-0.2, 0) is 17.9 Å². The van der Waals surface area contributed by atoms with E-state index in [9.17, 15) is 4.79 Å². The first-order valence-electron chi connectivity index (χ1n) is 12.0. The van der Waals surface area contributed by atoms with Gasteiger partial charge in [-0.05, 0) is 30.7 Å². The van der Waals surface area contributed by atoms with Gasteiger partial charge in [-0.2, -0.15) is 0 Å². The molecule has 1 saturated heterocycles. The Kier molecular flexibility index (Phi) is 9.16. The third-order valence-corrected chi connectivity index (χ3v) is 7.00. The Morgan fingerprint density at radius 2 is 1.81 bits per heavy atom. The van der Waals surface area contributed by atoms with Crippen LogP contribution in [0, 0.1) is 6.92 Å². The van der Waals surface area contributed by atoms with Crippen molar-refractivity contribution in [2.45, 2.75) is 20.1 Å². The molecule has 0 spiro atoms. The molecule has 3 aromatic rings. The van der Waals surface area contributed by atoms with Crippen LogP contribution >= 0.6 is 11.3 Å². The zero-order chi connectivity index (χ0) is 25.3. The monoisotopic (exact) mass is 511 g/mol. The van der Waals surface area contributed by atoms with E-state index in [0.29, 0.717) is 30.3 Å². The van der Waals surface area contributed by atoms with E-state index in [-0.39, 0.29) is 12.5 Å². The van der Waals surface area contributed by atoms with E-state index in [0.717, 1.165) is 54.7 Å². The molecule has 0 saturated carbocycles. The van der Waals surface area contributed by atoms with Crippen LogP contribution in [0.4, 0.5) is 0 Å². The summed E-state index contributed by atoms with van der Waals surface area (Å²) in [6.45, 7) is 7.35. The van der Waals surface area contributed by atoms with E-state index in [1.165, 1.54) is 11.3 Å². The molecule has 8 nitrogen and oxygen atoms in total. The molecule has 0 unspecified atom stereocenters. The molecule has 2 heterocycles. The second kappa shape index (κ2) is 12.7. The summed E-state index contributed by atoms with van der Waals surface area (Å²) >= 11 is 1.51. The average molecular weight is 512 g/mol. The number of benzene rings is 2. The minimum absolute atomic E-state index is 0.0194. The van der Waals surface area contributed by atoms with Gasteiger partial charge in [0.2, 0.25) is 5.75 Å². The molecule has 1 aromatic heterocycles. The molecule has 0 atom stereocenters. The molecule has 192 valence electrons. The lowest BCUT2D eigenvalue weighted by atomic mass is 10.1. The number of carbonyl (C=O) groups excluding carboxylic acids is 1. The molecule has 1 fully saturated rings. The molecular weight excluding hydrogens is 478 g/mol. The maximum Gasteiger partial charge on any atom is 0.254 e. The van der Waals surface area contributed by atoms with Crippen LogP contribution in [0.1, 0.15) is 26.6 Å². The maximum atomic E-state index is 13.5. The number of nitrogens with zero attached hydrogens (tertiary/aromatic N) is 3. The number of amides is 1. The highest BCUT2D eigenvalue weighted by molar-refractivity contribution is 7.09. The predicted molar refractivity (Wildman–Crippen MR) is 139 cm³/mol. The summed E-state index contributed by atoms with van der Waals surface area (Å²) in [6.07, 6.45) is 0. The zero-order valence-electron chi connectivity index (χ0n) is 21.1. The summed E-state index contributed by atoms with van der Waals surface area (Å²) < 4.78 is 22.3. The van der Waals surface area contributed by atoms with E-state index < -0.39 is 0 Å². The fourth-order valence-corrected chi connectivity index (χ4v) is 4.80. The standard InChI is InChI=1S/C27H33N3O5S/c1-20-7-4-5-8-22(20)27(31)30(12-11-29-13-15-34-16-14-29)17-21-19-36-25(28-21)18-35-26-23(32-2)9-6-10-24(26)33-3/h4-10,19H,11-18H2,1-3H3. The van der Waals surface area contributed by atoms with E-state index in [1.54, 1.807) is 14.2 Å². The molecule has 1 aliphatic heterocycles. The number of methoxy groups -OCH3 is 2. The lowest BCUT2D eigenvalue weighted by Crippen LogP contribution is -2.43. The van der Waals surface area contributed by atoms with Gasteiger partial charge in [0.1, 0.15) is 11.6 Å². The topological polar surface area (TPSA) is 73.4 Å². The summed E-state index contributed by atoms with van der Waals surface area (Å²) in [4.78, 5) is 22.5. The highest BCUT2D eigenvalue weighted by Gasteiger charge is 2.21. The van der Waals surface area contributed by atoms with Crippen molar-refractivity contribution in [3.8, 4) is 17.2 Å². The first-order chi connectivity index (χ1) is 17.6. The summed E-state index contributed by atoms with van der Waals surface area (Å²) in [6, 6.07) is 13.2. The SMILES string of the molecule is COc1cccc(OC)c1OCc1nc(CN(CCN2CCOCC2)C(=O)c2ccccc2C)cs1. The summed E-state index contributed by atoms with van der Waals surface area (Å²) in [5.41, 5.74) is 2.54. The van der Waals surface area contributed by atoms with Gasteiger partial charge < -0.3 is 23.8 Å². The summed E-state index contributed by atoms with van der Waals surface area (Å²) in [7, 11) is 3.19. The number of ether oxygens (including phenoxy) is 4. The first kappa shape index (κ1) is 25.9. The number of para-hydroxylation sites is 1. The molecule has 0 aliphatic carbocycles. The second-order valence-corrected chi connectivity index (χ2v) is 9.45. The Labute approximate surface area is 216 Å². The van der Waals surface area contributed by atoms with Crippen LogP contribution in [0.15, 0.2) is 47.8 Å². The number of thiazole rings is 1. The largest absolute Gasteiger partial charge is 0.493 e. The highest BCUT2D eigenvalue weighted by atomic mass is 32.1. The number of morpholine rings is 1. The van der Waals surface area contributed by atoms with Crippen LogP contribution in [-0.4, -0.2) is 74.3 Å². The lowest BCUT2D eigenvalue weighted by Gasteiger charge is -2.30. The van der Waals surface area contributed by atoms with Crippen molar-refractivity contribution < 1.29 is 23.7 Å². The number of aryl methyl sites for hydroxylation is 1. The smallest absolute Gasteiger partial charge is 0.254 e. The van der Waals surface area contributed by atoms with Crippen LogP contribution in [0.25, 0.3) is 0 Å². The van der Waals surface area contributed by atoms with Crippen LogP contribution in [0.5, 0.6) is 17.2 Å². The number of rotatable bonds is 11. The van der Waals surface area contributed by atoms with Crippen molar-refractivity contribution in [2.75, 3.05) is 53.6 Å². The van der Waals surface area contributed by atoms with Gasteiger partial charge in [-0.25, -0.2) is 4.98 Å². The highest BCUT2D eigenvalue weighted by Crippen LogP contribution is 2.37. The maximum absolute atomic E-state index is 13.5. The van der Waals surface area contributed by atoms with Gasteiger partial charge >= 0.3 is 0 Å². The van der Waals surface area contributed by atoms with Crippen molar-refractivity contribution in [2.24, 2.45) is 0 Å². The fourth-order valence-electron chi connectivity index (χ4n) is 4.10. The quantitative estimate of drug-likeness (QED) is 0.385. The number of hydrogen-bond acceptors (Lipinski definition) is 8. The molecule has 0 radical (unpaired) electrons. The Balaban J connectivity index is 1.45. The van der Waals surface area contributed by atoms with Gasteiger partial charge in [-0.1, -0.05) is 24.3 Å². The number of carbonyl (C=O) groups is 1. The minimum Gasteiger partial charge on any atom is -0.493 e. The molecule has 1 amide bonds. The van der Waals surface area contributed by atoms with Crippen molar-refractivity contribution in [3.63, 3.8) is 0 Å². The zero-order valence-corrected chi connectivity index (χ0v) is 21.9. The molecule has 2 aromatic carbocycles. The molecule has 1 aliphatic rings. The number of aromatic nitrogens is 1. The van der Waals surface area contributed by atoms with Crippen LogP contribution < -0.4 is 14.2 Å². The third kappa shape index (κ3) is 6.54. The molecule has 0 bridgehead atoms. The fraction of sp³-hybridized carbons (Fsp3) is 0.407. The predicted octanol–water partition coefficient (Wildman–Crippen LogP) is 4.02. The third-order valence-electron chi connectivity index (χ3n) is 6.13. The van der Waals surface area contributed by atoms with Crippen LogP contribution in [0.3, 0.4) is 0 Å². The van der Waals surface area contributed by atoms with Crippen LogP contribution in [0.2, 0.25) is 0 Å². The minimum atomic E-state index is 0.0194. The Hall–Kier alpha value is -3.14.